The lowest BCUT2D eigenvalue weighted by Gasteiger charge is -2.24. The highest BCUT2D eigenvalue weighted by molar-refractivity contribution is 7.47. The quantitative estimate of drug-likeness (QED) is 0.0156. The van der Waals surface area contributed by atoms with E-state index in [4.69, 9.17) is 18.5 Å². The third kappa shape index (κ3) is 31.5. The van der Waals surface area contributed by atoms with Gasteiger partial charge in [-0.1, -0.05) is 147 Å². The first-order valence-electron chi connectivity index (χ1n) is 22.5. The van der Waals surface area contributed by atoms with Gasteiger partial charge in [-0.3, -0.25) is 18.6 Å². The van der Waals surface area contributed by atoms with Gasteiger partial charge in [0.05, 0.1) is 40.1 Å². The van der Waals surface area contributed by atoms with Crippen molar-refractivity contribution in [3.8, 4) is 0 Å². The van der Waals surface area contributed by atoms with Crippen LogP contribution in [-0.4, -0.2) is 86.0 Å². The lowest BCUT2D eigenvalue weighted by atomic mass is 9.90. The van der Waals surface area contributed by atoms with Gasteiger partial charge < -0.3 is 24.0 Å². The van der Waals surface area contributed by atoms with E-state index in [0.29, 0.717) is 36.7 Å². The molecule has 2 N–H and O–H groups in total. The van der Waals surface area contributed by atoms with Crippen LogP contribution in [0.5, 0.6) is 0 Å². The fraction of sp³-hybridized carbons (Fsp3) is 0.783. The van der Waals surface area contributed by atoms with E-state index in [2.05, 4.69) is 13.8 Å². The molecule has 1 aliphatic carbocycles. The zero-order valence-corrected chi connectivity index (χ0v) is 37.6. The number of carbonyl (C=O) groups excluding carboxylic acids is 2. The molecule has 0 amide bonds. The molecule has 0 fully saturated rings. The number of hydrogen-bond acceptors (Lipinski definition) is 8. The third-order valence-corrected chi connectivity index (χ3v) is 11.2. The molecule has 1 aliphatic rings. The minimum Gasteiger partial charge on any atom is -0.492 e. The molecule has 0 radical (unpaired) electrons. The van der Waals surface area contributed by atoms with Crippen molar-refractivity contribution in [3.05, 3.63) is 48.8 Å². The number of unbranched alkanes of at least 4 members (excludes halogenated alkanes) is 17. The number of aliphatic hydroxyl groups excluding tert-OH is 1. The van der Waals surface area contributed by atoms with Crippen LogP contribution in [-0.2, 0) is 32.7 Å². The summed E-state index contributed by atoms with van der Waals surface area (Å²) in [6.45, 7) is 4.58. The van der Waals surface area contributed by atoms with Crippen LogP contribution in [0.4, 0.5) is 0 Å². The number of rotatable bonds is 38. The van der Waals surface area contributed by atoms with Crippen molar-refractivity contribution in [3.63, 3.8) is 0 Å². The summed E-state index contributed by atoms with van der Waals surface area (Å²) < 4.78 is 34.7. The maximum Gasteiger partial charge on any atom is 0.472 e. The van der Waals surface area contributed by atoms with Gasteiger partial charge in [-0.05, 0) is 56.6 Å². The molecule has 0 aromatic carbocycles. The molecule has 10 nitrogen and oxygen atoms in total. The first-order valence-corrected chi connectivity index (χ1v) is 24.0. The van der Waals surface area contributed by atoms with Crippen molar-refractivity contribution >= 4 is 19.6 Å². The zero-order chi connectivity index (χ0) is 42.0. The molecule has 57 heavy (non-hydrogen) atoms. The fourth-order valence-electron chi connectivity index (χ4n) is 6.53. The lowest BCUT2D eigenvalue weighted by Crippen LogP contribution is -2.37. The van der Waals surface area contributed by atoms with Gasteiger partial charge in [-0.15, -0.1) is 0 Å². The van der Waals surface area contributed by atoms with Crippen molar-refractivity contribution in [2.24, 2.45) is 11.8 Å². The van der Waals surface area contributed by atoms with Gasteiger partial charge in [0.15, 0.2) is 11.9 Å². The van der Waals surface area contributed by atoms with Crippen LogP contribution in [0.2, 0.25) is 0 Å². The first-order chi connectivity index (χ1) is 27.4. The molecule has 11 heteroatoms. The number of quaternary nitrogens is 1. The van der Waals surface area contributed by atoms with Gasteiger partial charge in [-0.25, -0.2) is 4.57 Å². The summed E-state index contributed by atoms with van der Waals surface area (Å²) in [5, 5.41) is 10.2. The van der Waals surface area contributed by atoms with Crippen LogP contribution in [0.15, 0.2) is 48.8 Å². The Morgan fingerprint density at radius 3 is 2.04 bits per heavy atom. The van der Waals surface area contributed by atoms with Crippen LogP contribution >= 0.6 is 7.82 Å². The molecule has 330 valence electrons. The van der Waals surface area contributed by atoms with E-state index in [1.165, 1.54) is 83.5 Å². The van der Waals surface area contributed by atoms with Crippen molar-refractivity contribution in [1.82, 2.24) is 0 Å². The number of likely N-dealkylation sites (N-methyl/N-ethyl adjacent to an activating group) is 1. The minimum atomic E-state index is -4.32. The highest BCUT2D eigenvalue weighted by Crippen LogP contribution is 2.43. The average Bonchev–Trinajstić information content (AvgIpc) is 3.51. The molecule has 0 heterocycles. The summed E-state index contributed by atoms with van der Waals surface area (Å²) >= 11 is 0. The van der Waals surface area contributed by atoms with Crippen LogP contribution in [0.25, 0.3) is 0 Å². The number of ether oxygens (including phenoxy) is 2. The molecule has 1 unspecified atom stereocenters. The number of phosphoric ester groups is 1. The molecule has 0 aliphatic heterocycles. The fourth-order valence-corrected chi connectivity index (χ4v) is 7.27. The molecule has 0 aromatic heterocycles. The molecule has 5 atom stereocenters. The summed E-state index contributed by atoms with van der Waals surface area (Å²) in [7, 11) is 1.56. The first kappa shape index (κ1) is 52.9. The Labute approximate surface area is 347 Å². The summed E-state index contributed by atoms with van der Waals surface area (Å²) in [5.41, 5.74) is 0. The summed E-state index contributed by atoms with van der Waals surface area (Å²) in [6.07, 6.45) is 38.7. The highest BCUT2D eigenvalue weighted by atomic mass is 31.2. The largest absolute Gasteiger partial charge is 0.492 e. The Hall–Kier alpha value is -2.07. The van der Waals surface area contributed by atoms with Gasteiger partial charge in [0.2, 0.25) is 0 Å². The van der Waals surface area contributed by atoms with E-state index < -0.39 is 20.0 Å². The van der Waals surface area contributed by atoms with Gasteiger partial charge in [0.1, 0.15) is 19.8 Å². The van der Waals surface area contributed by atoms with Gasteiger partial charge in [0.25, 0.3) is 0 Å². The van der Waals surface area contributed by atoms with Crippen molar-refractivity contribution in [1.29, 1.82) is 0 Å². The molecular weight excluding hydrogens is 741 g/mol. The van der Waals surface area contributed by atoms with E-state index >= 15 is 0 Å². The second kappa shape index (κ2) is 33.7. The predicted molar refractivity (Wildman–Crippen MR) is 233 cm³/mol. The van der Waals surface area contributed by atoms with Crippen LogP contribution < -0.4 is 0 Å². The Morgan fingerprint density at radius 2 is 1.40 bits per heavy atom. The zero-order valence-electron chi connectivity index (χ0n) is 36.7. The highest BCUT2D eigenvalue weighted by Gasteiger charge is 2.27. The number of phosphoric acid groups is 1. The van der Waals surface area contributed by atoms with Crippen LogP contribution in [0.3, 0.4) is 0 Å². The van der Waals surface area contributed by atoms with Crippen LogP contribution in [0.1, 0.15) is 162 Å². The smallest absolute Gasteiger partial charge is 0.472 e. The molecular formula is C46H83NO9P+. The number of carbonyl (C=O) groups is 2. The van der Waals surface area contributed by atoms with Gasteiger partial charge >= 0.3 is 13.8 Å². The maximum atomic E-state index is 12.6. The molecule has 0 bridgehead atoms. The number of aliphatic hydroxyl groups is 1. The molecule has 1 rings (SSSR count). The Balaban J connectivity index is 2.42. The second-order valence-electron chi connectivity index (χ2n) is 16.8. The van der Waals surface area contributed by atoms with E-state index in [1.54, 1.807) is 18.4 Å². The monoisotopic (exact) mass is 825 g/mol. The second-order valence-corrected chi connectivity index (χ2v) is 18.3. The van der Waals surface area contributed by atoms with Gasteiger partial charge in [-0.2, -0.15) is 0 Å². The number of nitrogens with zero attached hydrogens (tertiary/aromatic N) is 1. The summed E-state index contributed by atoms with van der Waals surface area (Å²) in [6, 6.07) is 0. The number of ketones is 1. The summed E-state index contributed by atoms with van der Waals surface area (Å²) in [5.74, 6) is -0.516. The summed E-state index contributed by atoms with van der Waals surface area (Å²) in [4.78, 5) is 35.2. The van der Waals surface area contributed by atoms with Gasteiger partial charge in [0, 0.05) is 12.3 Å². The molecule has 0 spiro atoms. The minimum absolute atomic E-state index is 0.0573. The maximum absolute atomic E-state index is 12.6. The lowest BCUT2D eigenvalue weighted by molar-refractivity contribution is -0.870. The number of allylic oxidation sites excluding steroid dienone is 6. The number of esters is 1. The normalized spacial score (nSPS) is 18.3. The average molecular weight is 825 g/mol. The van der Waals surface area contributed by atoms with E-state index in [0.717, 1.165) is 32.1 Å². The topological polar surface area (TPSA) is 129 Å². The predicted octanol–water partition coefficient (Wildman–Crippen LogP) is 11.1. The Kier molecular flexibility index (Phi) is 31.3. The van der Waals surface area contributed by atoms with Crippen molar-refractivity contribution in [2.75, 3.05) is 47.5 Å². The van der Waals surface area contributed by atoms with Crippen molar-refractivity contribution in [2.45, 2.75) is 174 Å². The Morgan fingerprint density at radius 1 is 0.807 bits per heavy atom. The van der Waals surface area contributed by atoms with Crippen molar-refractivity contribution < 1.29 is 47.2 Å². The molecule has 0 saturated carbocycles. The molecule has 0 aromatic rings. The third-order valence-electron chi connectivity index (χ3n) is 10.2. The number of hydrogen-bond donors (Lipinski definition) is 2. The SMILES string of the molecule is CCCCCCCCCCCCCCCC/C=C\O[C@H](COC(=O)CCC/C=C\C[C@H]1C=CC(=O)[C@@H]1/C=C/[C@@H](O)CCCCC)COP(=O)(O)OCC[N+](C)(C)C. The van der Waals surface area contributed by atoms with E-state index in [9.17, 15) is 24.2 Å². The standard InChI is InChI=1S/C46H82NO9P/c1-6-8-10-11-12-13-14-15-16-17-18-19-20-21-24-28-37-53-43(40-56-57(51,52)55-38-36-47(3,4)5)39-54-46(50)31-27-23-22-26-29-41-32-35-45(49)44(41)34-33-42(48)30-25-9-7-2/h22,26,28,32-35,37,41-44,48H,6-21,23-25,27,29-31,36,38-40H2,1-5H3/p+1/b26-22-,34-33+,37-28-/t41-,42-,43+,44+/m0/s1. The van der Waals surface area contributed by atoms with Crippen LogP contribution in [0, 0.1) is 11.8 Å². The molecule has 0 saturated heterocycles. The Bertz CT molecular complexity index is 1190. The van der Waals surface area contributed by atoms with E-state index in [-0.39, 0.29) is 49.8 Å². The van der Waals surface area contributed by atoms with E-state index in [1.807, 2.05) is 51.5 Å².